The van der Waals surface area contributed by atoms with Crippen LogP contribution < -0.4 is 0 Å². The third kappa shape index (κ3) is 3.95. The first-order valence-electron chi connectivity index (χ1n) is 8.15. The van der Waals surface area contributed by atoms with E-state index in [2.05, 4.69) is 5.16 Å². The maximum atomic E-state index is 11.8. The fraction of sp³-hybridized carbons (Fsp3) is 0.158. The van der Waals surface area contributed by atoms with Crippen LogP contribution in [0.15, 0.2) is 45.3 Å². The van der Waals surface area contributed by atoms with E-state index in [1.54, 1.807) is 49.4 Å². The summed E-state index contributed by atoms with van der Waals surface area (Å²) in [5.41, 5.74) is 1.16. The van der Waals surface area contributed by atoms with E-state index in [0.717, 1.165) is 0 Å². The Bertz CT molecular complexity index is 1010. The van der Waals surface area contributed by atoms with Gasteiger partial charge in [0, 0.05) is 5.56 Å². The largest absolute Gasteiger partial charge is 0.462 e. The summed E-state index contributed by atoms with van der Waals surface area (Å²) >= 11 is 0. The van der Waals surface area contributed by atoms with Gasteiger partial charge in [0.1, 0.15) is 11.5 Å². The minimum absolute atomic E-state index is 0.0414. The first-order valence-corrected chi connectivity index (χ1v) is 8.15. The zero-order chi connectivity index (χ0) is 19.4. The normalized spacial score (nSPS) is 11.0. The van der Waals surface area contributed by atoms with Crippen molar-refractivity contribution in [2.24, 2.45) is 0 Å². The van der Waals surface area contributed by atoms with Gasteiger partial charge in [-0.15, -0.1) is 0 Å². The van der Waals surface area contributed by atoms with Crippen molar-refractivity contribution in [3.8, 4) is 11.3 Å². The van der Waals surface area contributed by atoms with Crippen molar-refractivity contribution in [2.75, 3.05) is 6.61 Å². The smallest absolute Gasteiger partial charge is 0.338 e. The van der Waals surface area contributed by atoms with Gasteiger partial charge in [-0.2, -0.15) is 0 Å². The van der Waals surface area contributed by atoms with E-state index < -0.39 is 10.9 Å². The summed E-state index contributed by atoms with van der Waals surface area (Å²) < 4.78 is 15.7. The van der Waals surface area contributed by atoms with Crippen molar-refractivity contribution in [1.82, 2.24) is 5.16 Å². The van der Waals surface area contributed by atoms with Crippen LogP contribution in [0.1, 0.15) is 34.5 Å². The van der Waals surface area contributed by atoms with Crippen LogP contribution in [0.25, 0.3) is 23.5 Å². The summed E-state index contributed by atoms with van der Waals surface area (Å²) in [6, 6.07) is 10.3. The average Bonchev–Trinajstić information content (AvgIpc) is 3.27. The standard InChI is InChI=1S/C19H16N2O6/c1-3-25-19(22)14-6-4-5-13(11-14)16-9-7-15(26-16)8-10-17-18(21(23)24)12(2)20-27-17/h4-11H,3H2,1-2H3/b10-8+. The average molecular weight is 368 g/mol. The van der Waals surface area contributed by atoms with Gasteiger partial charge in [0.25, 0.3) is 0 Å². The number of ether oxygens (including phenoxy) is 1. The number of aryl methyl sites for hydroxylation is 1. The highest BCUT2D eigenvalue weighted by atomic mass is 16.6. The van der Waals surface area contributed by atoms with Crippen LogP contribution in [0, 0.1) is 17.0 Å². The Morgan fingerprint density at radius 2 is 2.11 bits per heavy atom. The third-order valence-electron chi connectivity index (χ3n) is 3.72. The molecule has 3 aromatic rings. The quantitative estimate of drug-likeness (QED) is 0.358. The molecule has 0 unspecified atom stereocenters. The van der Waals surface area contributed by atoms with Crippen molar-refractivity contribution in [3.05, 3.63) is 69.3 Å². The fourth-order valence-corrected chi connectivity index (χ4v) is 2.48. The molecule has 138 valence electrons. The van der Waals surface area contributed by atoms with Gasteiger partial charge in [0.05, 0.1) is 17.1 Å². The summed E-state index contributed by atoms with van der Waals surface area (Å²) in [6.07, 6.45) is 2.97. The zero-order valence-electron chi connectivity index (χ0n) is 14.7. The first kappa shape index (κ1) is 18.1. The van der Waals surface area contributed by atoms with Crippen molar-refractivity contribution >= 4 is 23.8 Å². The Balaban J connectivity index is 1.83. The summed E-state index contributed by atoms with van der Waals surface area (Å²) in [5, 5.41) is 14.6. The fourth-order valence-electron chi connectivity index (χ4n) is 2.48. The lowest BCUT2D eigenvalue weighted by Gasteiger charge is -2.03. The Morgan fingerprint density at radius 3 is 2.85 bits per heavy atom. The molecule has 0 fully saturated rings. The van der Waals surface area contributed by atoms with Crippen LogP contribution in [0.3, 0.4) is 0 Å². The molecule has 0 spiro atoms. The number of hydrogen-bond acceptors (Lipinski definition) is 7. The first-order chi connectivity index (χ1) is 13.0. The van der Waals surface area contributed by atoms with Gasteiger partial charge in [-0.1, -0.05) is 17.3 Å². The van der Waals surface area contributed by atoms with E-state index in [-0.39, 0.29) is 17.1 Å². The van der Waals surface area contributed by atoms with Crippen LogP contribution in [0.5, 0.6) is 0 Å². The predicted molar refractivity (Wildman–Crippen MR) is 96.9 cm³/mol. The molecular weight excluding hydrogens is 352 g/mol. The van der Waals surface area contributed by atoms with Crippen LogP contribution in [-0.4, -0.2) is 22.7 Å². The number of aromatic nitrogens is 1. The summed E-state index contributed by atoms with van der Waals surface area (Å²) in [5.74, 6) is 0.651. The minimum atomic E-state index is -0.542. The molecule has 0 saturated carbocycles. The molecule has 1 aromatic carbocycles. The number of carbonyl (C=O) groups excluding carboxylic acids is 1. The molecule has 0 bridgehead atoms. The van der Waals surface area contributed by atoms with Crippen LogP contribution in [-0.2, 0) is 4.74 Å². The van der Waals surface area contributed by atoms with Gasteiger partial charge in [-0.05, 0) is 50.3 Å². The second-order valence-corrected chi connectivity index (χ2v) is 5.57. The number of furan rings is 1. The van der Waals surface area contributed by atoms with Gasteiger partial charge >= 0.3 is 11.7 Å². The van der Waals surface area contributed by atoms with Crippen molar-refractivity contribution in [2.45, 2.75) is 13.8 Å². The lowest BCUT2D eigenvalue weighted by atomic mass is 10.1. The van der Waals surface area contributed by atoms with Crippen molar-refractivity contribution in [3.63, 3.8) is 0 Å². The third-order valence-corrected chi connectivity index (χ3v) is 3.72. The minimum Gasteiger partial charge on any atom is -0.462 e. The molecule has 0 aliphatic rings. The number of rotatable bonds is 6. The van der Waals surface area contributed by atoms with Crippen molar-refractivity contribution in [1.29, 1.82) is 0 Å². The van der Waals surface area contributed by atoms with Gasteiger partial charge in [0.15, 0.2) is 5.69 Å². The van der Waals surface area contributed by atoms with E-state index in [4.69, 9.17) is 13.7 Å². The molecule has 8 heteroatoms. The molecule has 0 aliphatic carbocycles. The second-order valence-electron chi connectivity index (χ2n) is 5.57. The zero-order valence-corrected chi connectivity index (χ0v) is 14.7. The molecule has 0 atom stereocenters. The molecular formula is C19H16N2O6. The number of nitrogens with zero attached hydrogens (tertiary/aromatic N) is 2. The van der Waals surface area contributed by atoms with E-state index in [9.17, 15) is 14.9 Å². The molecule has 2 aromatic heterocycles. The van der Waals surface area contributed by atoms with Crippen LogP contribution in [0.2, 0.25) is 0 Å². The molecule has 0 radical (unpaired) electrons. The molecule has 27 heavy (non-hydrogen) atoms. The maximum Gasteiger partial charge on any atom is 0.338 e. The Morgan fingerprint density at radius 1 is 1.30 bits per heavy atom. The number of esters is 1. The Labute approximate surface area is 154 Å². The number of hydrogen-bond donors (Lipinski definition) is 0. The molecule has 0 saturated heterocycles. The predicted octanol–water partition coefficient (Wildman–Crippen LogP) is 4.50. The number of carbonyl (C=O) groups is 1. The molecule has 0 N–H and O–H groups in total. The topological polar surface area (TPSA) is 109 Å². The molecule has 8 nitrogen and oxygen atoms in total. The van der Waals surface area contributed by atoms with E-state index in [1.807, 2.05) is 0 Å². The van der Waals surface area contributed by atoms with E-state index in [0.29, 0.717) is 29.3 Å². The summed E-state index contributed by atoms with van der Waals surface area (Å²) in [6.45, 7) is 3.54. The SMILES string of the molecule is CCOC(=O)c1cccc(-c2ccc(/C=C/c3onc(C)c3[N+](=O)[O-])o2)c1. The number of benzene rings is 1. The summed E-state index contributed by atoms with van der Waals surface area (Å²) in [7, 11) is 0. The van der Waals surface area contributed by atoms with E-state index in [1.165, 1.54) is 13.0 Å². The molecule has 2 heterocycles. The highest BCUT2D eigenvalue weighted by Gasteiger charge is 2.22. The highest BCUT2D eigenvalue weighted by Crippen LogP contribution is 2.27. The molecule has 0 aliphatic heterocycles. The lowest BCUT2D eigenvalue weighted by Crippen LogP contribution is -2.04. The van der Waals surface area contributed by atoms with Gasteiger partial charge < -0.3 is 13.7 Å². The summed E-state index contributed by atoms with van der Waals surface area (Å²) in [4.78, 5) is 22.4. The Hall–Kier alpha value is -3.68. The molecule has 0 amide bonds. The number of nitro groups is 1. The highest BCUT2D eigenvalue weighted by molar-refractivity contribution is 5.90. The van der Waals surface area contributed by atoms with Gasteiger partial charge in [-0.3, -0.25) is 10.1 Å². The van der Waals surface area contributed by atoms with Crippen molar-refractivity contribution < 1.29 is 23.4 Å². The van der Waals surface area contributed by atoms with Gasteiger partial charge in [-0.25, -0.2) is 4.79 Å². The Kier molecular flexibility index (Phi) is 5.16. The lowest BCUT2D eigenvalue weighted by molar-refractivity contribution is -0.386. The second kappa shape index (κ2) is 7.69. The van der Waals surface area contributed by atoms with E-state index >= 15 is 0 Å². The van der Waals surface area contributed by atoms with Crippen LogP contribution in [0.4, 0.5) is 5.69 Å². The monoisotopic (exact) mass is 368 g/mol. The van der Waals surface area contributed by atoms with Crippen LogP contribution >= 0.6 is 0 Å². The molecule has 3 rings (SSSR count). The van der Waals surface area contributed by atoms with Gasteiger partial charge in [0.2, 0.25) is 5.76 Å². The maximum absolute atomic E-state index is 11.8.